The molecule has 1 amide bonds. The number of nitro groups is 1. The molecule has 0 atom stereocenters. The number of carbonyl (C=O) groups is 1. The molecule has 29 heavy (non-hydrogen) atoms. The van der Waals surface area contributed by atoms with Crippen LogP contribution in [0.5, 0.6) is 11.5 Å². The molecule has 0 aliphatic rings. The Morgan fingerprint density at radius 3 is 2.59 bits per heavy atom. The summed E-state index contributed by atoms with van der Waals surface area (Å²) in [7, 11) is 0. The van der Waals surface area contributed by atoms with Gasteiger partial charge in [0.25, 0.3) is 5.91 Å². The summed E-state index contributed by atoms with van der Waals surface area (Å²) in [5.74, 6) is -0.435. The number of hydrogen-bond donors (Lipinski definition) is 1. The van der Waals surface area contributed by atoms with Gasteiger partial charge in [-0.3, -0.25) is 14.9 Å². The van der Waals surface area contributed by atoms with E-state index in [-0.39, 0.29) is 30.5 Å². The molecule has 1 N–H and O–H groups in total. The first-order valence-corrected chi connectivity index (χ1v) is 8.64. The van der Waals surface area contributed by atoms with Crippen LogP contribution in [0.25, 0.3) is 0 Å². The zero-order chi connectivity index (χ0) is 20.6. The van der Waals surface area contributed by atoms with Crippen LogP contribution < -0.4 is 14.8 Å². The molecule has 0 radical (unpaired) electrons. The van der Waals surface area contributed by atoms with Crippen molar-refractivity contribution in [2.45, 2.75) is 6.61 Å². The molecule has 3 aromatic rings. The van der Waals surface area contributed by atoms with Crippen LogP contribution in [-0.2, 0) is 11.4 Å². The molecular weight excluding hydrogens is 379 g/mol. The van der Waals surface area contributed by atoms with E-state index in [2.05, 4.69) is 5.32 Å². The van der Waals surface area contributed by atoms with Crippen LogP contribution in [0.3, 0.4) is 0 Å². The number of nitro benzene ring substituents is 1. The summed E-state index contributed by atoms with van der Waals surface area (Å²) in [6.07, 6.45) is 0. The lowest BCUT2D eigenvalue weighted by atomic mass is 10.2. The smallest absolute Gasteiger partial charge is 0.310 e. The molecule has 0 unspecified atom stereocenters. The topological polar surface area (TPSA) is 90.7 Å². The summed E-state index contributed by atoms with van der Waals surface area (Å²) < 4.78 is 24.0. The molecule has 3 aromatic carbocycles. The van der Waals surface area contributed by atoms with Gasteiger partial charge in [-0.2, -0.15) is 0 Å². The maximum absolute atomic E-state index is 13.2. The monoisotopic (exact) mass is 396 g/mol. The summed E-state index contributed by atoms with van der Waals surface area (Å²) in [6.45, 7) is -0.186. The van der Waals surface area contributed by atoms with Gasteiger partial charge >= 0.3 is 5.69 Å². The molecule has 0 heterocycles. The number of ether oxygens (including phenoxy) is 2. The van der Waals surface area contributed by atoms with Crippen LogP contribution >= 0.6 is 0 Å². The Balaban J connectivity index is 1.56. The van der Waals surface area contributed by atoms with Crippen molar-refractivity contribution in [2.24, 2.45) is 0 Å². The van der Waals surface area contributed by atoms with E-state index < -0.39 is 10.8 Å². The first kappa shape index (κ1) is 19.8. The highest BCUT2D eigenvalue weighted by molar-refractivity contribution is 5.92. The lowest BCUT2D eigenvalue weighted by molar-refractivity contribution is -0.385. The van der Waals surface area contributed by atoms with Crippen molar-refractivity contribution in [1.82, 2.24) is 0 Å². The van der Waals surface area contributed by atoms with Crippen molar-refractivity contribution in [3.05, 3.63) is 94.3 Å². The van der Waals surface area contributed by atoms with E-state index >= 15 is 0 Å². The Morgan fingerprint density at radius 1 is 1.00 bits per heavy atom. The van der Waals surface area contributed by atoms with Crippen LogP contribution in [0.4, 0.5) is 15.8 Å². The zero-order valence-corrected chi connectivity index (χ0v) is 15.2. The number of amides is 1. The minimum atomic E-state index is -0.574. The summed E-state index contributed by atoms with van der Waals surface area (Å²) in [6, 6.07) is 18.6. The highest BCUT2D eigenvalue weighted by atomic mass is 19.1. The number of anilines is 1. The average Bonchev–Trinajstić information content (AvgIpc) is 2.71. The number of hydrogen-bond acceptors (Lipinski definition) is 5. The van der Waals surface area contributed by atoms with E-state index in [9.17, 15) is 19.3 Å². The lowest BCUT2D eigenvalue weighted by Gasteiger charge is -2.10. The molecule has 0 bridgehead atoms. The van der Waals surface area contributed by atoms with Gasteiger partial charge in [-0.15, -0.1) is 0 Å². The van der Waals surface area contributed by atoms with Gasteiger partial charge in [0.15, 0.2) is 12.4 Å². The molecule has 0 saturated heterocycles. The molecule has 0 spiro atoms. The summed E-state index contributed by atoms with van der Waals surface area (Å²) in [5, 5.41) is 13.6. The SMILES string of the molecule is O=C(COc1ccccc1[N+](=O)[O-])Nc1cccc(COc2cccc(F)c2)c1. The van der Waals surface area contributed by atoms with Crippen molar-refractivity contribution in [3.8, 4) is 11.5 Å². The Hall–Kier alpha value is -3.94. The van der Waals surface area contributed by atoms with Crippen molar-refractivity contribution >= 4 is 17.3 Å². The average molecular weight is 396 g/mol. The largest absolute Gasteiger partial charge is 0.489 e. The molecule has 0 aromatic heterocycles. The molecule has 0 aliphatic carbocycles. The second-order valence-electron chi connectivity index (χ2n) is 6.01. The third kappa shape index (κ3) is 5.77. The predicted octanol–water partition coefficient (Wildman–Crippen LogP) is 4.33. The number of halogens is 1. The van der Waals surface area contributed by atoms with Gasteiger partial charge in [0.1, 0.15) is 18.2 Å². The second-order valence-corrected chi connectivity index (χ2v) is 6.01. The molecule has 3 rings (SSSR count). The van der Waals surface area contributed by atoms with Gasteiger partial charge in [0.05, 0.1) is 4.92 Å². The Bertz CT molecular complexity index is 1030. The first-order chi connectivity index (χ1) is 14.0. The summed E-state index contributed by atoms with van der Waals surface area (Å²) in [4.78, 5) is 22.5. The van der Waals surface area contributed by atoms with Gasteiger partial charge in [-0.1, -0.05) is 30.3 Å². The standard InChI is InChI=1S/C21H17FN2O5/c22-16-6-4-8-18(12-16)28-13-15-5-3-7-17(11-15)23-21(25)14-29-20-10-2-1-9-19(20)24(26)27/h1-12H,13-14H2,(H,23,25). The molecule has 0 saturated carbocycles. The third-order valence-corrected chi connectivity index (χ3v) is 3.83. The maximum atomic E-state index is 13.2. The molecule has 148 valence electrons. The van der Waals surface area contributed by atoms with Crippen molar-refractivity contribution < 1.29 is 23.6 Å². The fourth-order valence-corrected chi connectivity index (χ4v) is 2.53. The van der Waals surface area contributed by atoms with Crippen molar-refractivity contribution in [1.29, 1.82) is 0 Å². The van der Waals surface area contributed by atoms with Gasteiger partial charge in [-0.25, -0.2) is 4.39 Å². The van der Waals surface area contributed by atoms with Crippen LogP contribution in [0.15, 0.2) is 72.8 Å². The van der Waals surface area contributed by atoms with E-state index in [4.69, 9.17) is 9.47 Å². The van der Waals surface area contributed by atoms with E-state index in [0.29, 0.717) is 11.4 Å². The maximum Gasteiger partial charge on any atom is 0.310 e. The number of nitrogens with zero attached hydrogens (tertiary/aromatic N) is 1. The van der Waals surface area contributed by atoms with E-state index in [1.54, 1.807) is 42.5 Å². The van der Waals surface area contributed by atoms with Crippen LogP contribution in [0, 0.1) is 15.9 Å². The van der Waals surface area contributed by atoms with Crippen LogP contribution in [-0.4, -0.2) is 17.4 Å². The number of carbonyl (C=O) groups excluding carboxylic acids is 1. The highest BCUT2D eigenvalue weighted by Crippen LogP contribution is 2.25. The Kier molecular flexibility index (Phi) is 6.36. The van der Waals surface area contributed by atoms with Crippen LogP contribution in [0.2, 0.25) is 0 Å². The minimum absolute atomic E-state index is 0.0184. The highest BCUT2D eigenvalue weighted by Gasteiger charge is 2.15. The summed E-state index contributed by atoms with van der Waals surface area (Å²) >= 11 is 0. The fraction of sp³-hybridized carbons (Fsp3) is 0.0952. The van der Waals surface area contributed by atoms with E-state index in [1.807, 2.05) is 0 Å². The van der Waals surface area contributed by atoms with Gasteiger partial charge in [0.2, 0.25) is 0 Å². The van der Waals surface area contributed by atoms with Gasteiger partial charge in [-0.05, 0) is 35.9 Å². The van der Waals surface area contributed by atoms with Gasteiger partial charge in [0, 0.05) is 17.8 Å². The molecule has 0 fully saturated rings. The van der Waals surface area contributed by atoms with Crippen LogP contribution in [0.1, 0.15) is 5.56 Å². The number of rotatable bonds is 8. The Morgan fingerprint density at radius 2 is 1.79 bits per heavy atom. The lowest BCUT2D eigenvalue weighted by Crippen LogP contribution is -2.20. The molecular formula is C21H17FN2O5. The first-order valence-electron chi connectivity index (χ1n) is 8.64. The van der Waals surface area contributed by atoms with Crippen molar-refractivity contribution in [3.63, 3.8) is 0 Å². The van der Waals surface area contributed by atoms with E-state index in [1.165, 1.54) is 30.3 Å². The number of benzene rings is 3. The molecule has 0 aliphatic heterocycles. The summed E-state index contributed by atoms with van der Waals surface area (Å²) in [5.41, 5.74) is 1.07. The number of para-hydroxylation sites is 2. The minimum Gasteiger partial charge on any atom is -0.489 e. The quantitative estimate of drug-likeness (QED) is 0.452. The third-order valence-electron chi connectivity index (χ3n) is 3.83. The zero-order valence-electron chi connectivity index (χ0n) is 15.2. The normalized spacial score (nSPS) is 10.2. The second kappa shape index (κ2) is 9.32. The molecule has 8 heteroatoms. The predicted molar refractivity (Wildman–Crippen MR) is 104 cm³/mol. The fourth-order valence-electron chi connectivity index (χ4n) is 2.53. The number of nitrogens with one attached hydrogen (secondary N) is 1. The molecule has 7 nitrogen and oxygen atoms in total. The Labute approximate surface area is 165 Å². The van der Waals surface area contributed by atoms with Gasteiger partial charge < -0.3 is 14.8 Å². The van der Waals surface area contributed by atoms with Crippen molar-refractivity contribution in [2.75, 3.05) is 11.9 Å². The van der Waals surface area contributed by atoms with E-state index in [0.717, 1.165) is 5.56 Å².